The van der Waals surface area contributed by atoms with Crippen molar-refractivity contribution in [2.45, 2.75) is 0 Å². The normalized spacial score (nSPS) is 11.2. The van der Waals surface area contributed by atoms with Gasteiger partial charge in [-0.3, -0.25) is 0 Å². The quantitative estimate of drug-likeness (QED) is 0.831. The molecular weight excluding hydrogens is 274 g/mol. The van der Waals surface area contributed by atoms with E-state index in [-0.39, 0.29) is 13.2 Å². The Hall–Kier alpha value is -1.85. The van der Waals surface area contributed by atoms with Gasteiger partial charge in [-0.1, -0.05) is 48.5 Å². The van der Waals surface area contributed by atoms with E-state index in [0.717, 1.165) is 23.1 Å². The minimum Gasteiger partial charge on any atom is -0.492 e. The molecule has 0 amide bonds. The highest BCUT2D eigenvalue weighted by Gasteiger charge is 2.05. The molecule has 20 heavy (non-hydrogen) atoms. The van der Waals surface area contributed by atoms with Gasteiger partial charge < -0.3 is 4.74 Å². The molecule has 0 radical (unpaired) electrons. The van der Waals surface area contributed by atoms with Crippen LogP contribution in [0.5, 0.6) is 5.75 Å². The third kappa shape index (κ3) is 4.36. The maximum atomic E-state index is 11.0. The van der Waals surface area contributed by atoms with E-state index in [1.807, 2.05) is 54.6 Å². The molecule has 1 N–H and O–H groups in total. The van der Waals surface area contributed by atoms with Crippen LogP contribution in [-0.2, 0) is 10.0 Å². The Morgan fingerprint density at radius 3 is 2.35 bits per heavy atom. The Balaban J connectivity index is 2.06. The summed E-state index contributed by atoms with van der Waals surface area (Å²) in [4.78, 5) is 0. The lowest BCUT2D eigenvalue weighted by Crippen LogP contribution is -2.26. The number of nitrogens with one attached hydrogen (secondary N) is 1. The molecular formula is C15H17NO3S. The van der Waals surface area contributed by atoms with Crippen molar-refractivity contribution in [3.63, 3.8) is 0 Å². The SMILES string of the molecule is CS(=O)(=O)NCCOc1ccccc1-c1ccccc1. The highest BCUT2D eigenvalue weighted by atomic mass is 32.2. The molecule has 106 valence electrons. The Kier molecular flexibility index (Phi) is 4.76. The summed E-state index contributed by atoms with van der Waals surface area (Å²) < 4.78 is 30.0. The molecule has 0 bridgehead atoms. The Bertz CT molecular complexity index is 654. The summed E-state index contributed by atoms with van der Waals surface area (Å²) in [6.45, 7) is 0.541. The first-order chi connectivity index (χ1) is 9.56. The summed E-state index contributed by atoms with van der Waals surface area (Å²) in [5.41, 5.74) is 2.06. The molecule has 0 aromatic heterocycles. The molecule has 0 aliphatic heterocycles. The van der Waals surface area contributed by atoms with E-state index in [1.165, 1.54) is 0 Å². The van der Waals surface area contributed by atoms with Crippen LogP contribution in [0.25, 0.3) is 11.1 Å². The van der Waals surface area contributed by atoms with E-state index < -0.39 is 10.0 Å². The lowest BCUT2D eigenvalue weighted by Gasteiger charge is -2.11. The molecule has 0 saturated carbocycles. The van der Waals surface area contributed by atoms with Crippen LogP contribution in [0.4, 0.5) is 0 Å². The molecule has 0 heterocycles. The molecule has 0 unspecified atom stereocenters. The predicted molar refractivity (Wildman–Crippen MR) is 80.2 cm³/mol. The number of rotatable bonds is 6. The highest BCUT2D eigenvalue weighted by molar-refractivity contribution is 7.88. The van der Waals surface area contributed by atoms with Crippen LogP contribution < -0.4 is 9.46 Å². The van der Waals surface area contributed by atoms with Crippen molar-refractivity contribution >= 4 is 10.0 Å². The molecule has 0 saturated heterocycles. The lowest BCUT2D eigenvalue weighted by molar-refractivity contribution is 0.324. The van der Waals surface area contributed by atoms with Crippen molar-refractivity contribution in [2.24, 2.45) is 0 Å². The number of sulfonamides is 1. The number of hydrogen-bond acceptors (Lipinski definition) is 3. The van der Waals surface area contributed by atoms with Gasteiger partial charge in [-0.25, -0.2) is 13.1 Å². The van der Waals surface area contributed by atoms with E-state index in [9.17, 15) is 8.42 Å². The van der Waals surface area contributed by atoms with E-state index in [4.69, 9.17) is 4.74 Å². The van der Waals surface area contributed by atoms with Crippen molar-refractivity contribution in [2.75, 3.05) is 19.4 Å². The highest BCUT2D eigenvalue weighted by Crippen LogP contribution is 2.29. The second-order valence-corrected chi connectivity index (χ2v) is 6.21. The fourth-order valence-electron chi connectivity index (χ4n) is 1.84. The zero-order valence-electron chi connectivity index (χ0n) is 11.2. The molecule has 0 aliphatic rings. The second kappa shape index (κ2) is 6.54. The van der Waals surface area contributed by atoms with Crippen LogP contribution in [0.3, 0.4) is 0 Å². The van der Waals surface area contributed by atoms with Crippen LogP contribution in [0.2, 0.25) is 0 Å². The maximum Gasteiger partial charge on any atom is 0.208 e. The Morgan fingerprint density at radius 1 is 1.00 bits per heavy atom. The van der Waals surface area contributed by atoms with Crippen LogP contribution in [0.1, 0.15) is 0 Å². The van der Waals surface area contributed by atoms with Crippen LogP contribution in [0.15, 0.2) is 54.6 Å². The molecule has 2 aromatic rings. The molecule has 0 aliphatic carbocycles. The lowest BCUT2D eigenvalue weighted by atomic mass is 10.1. The topological polar surface area (TPSA) is 55.4 Å². The van der Waals surface area contributed by atoms with Crippen LogP contribution >= 0.6 is 0 Å². The van der Waals surface area contributed by atoms with Gasteiger partial charge in [0.2, 0.25) is 10.0 Å². The Morgan fingerprint density at radius 2 is 1.65 bits per heavy atom. The zero-order valence-corrected chi connectivity index (χ0v) is 12.1. The van der Waals surface area contributed by atoms with Gasteiger partial charge in [0.05, 0.1) is 6.26 Å². The summed E-state index contributed by atoms with van der Waals surface area (Å²) in [7, 11) is -3.17. The molecule has 0 atom stereocenters. The largest absolute Gasteiger partial charge is 0.492 e. The molecule has 2 aromatic carbocycles. The molecule has 0 fully saturated rings. The van der Waals surface area contributed by atoms with Gasteiger partial charge >= 0.3 is 0 Å². The summed E-state index contributed by atoms with van der Waals surface area (Å²) in [5.74, 6) is 0.744. The van der Waals surface area contributed by atoms with E-state index in [1.54, 1.807) is 0 Å². The van der Waals surface area contributed by atoms with Crippen molar-refractivity contribution in [1.82, 2.24) is 4.72 Å². The van der Waals surface area contributed by atoms with Gasteiger partial charge in [0.15, 0.2) is 0 Å². The number of ether oxygens (including phenoxy) is 1. The van der Waals surface area contributed by atoms with Crippen LogP contribution in [0, 0.1) is 0 Å². The van der Waals surface area contributed by atoms with E-state index in [0.29, 0.717) is 0 Å². The van der Waals surface area contributed by atoms with Gasteiger partial charge in [-0.15, -0.1) is 0 Å². The minimum atomic E-state index is -3.17. The predicted octanol–water partition coefficient (Wildman–Crippen LogP) is 2.28. The zero-order chi connectivity index (χ0) is 14.4. The van der Waals surface area contributed by atoms with Gasteiger partial charge in [0.1, 0.15) is 12.4 Å². The first kappa shape index (κ1) is 14.6. The smallest absolute Gasteiger partial charge is 0.208 e. The van der Waals surface area contributed by atoms with Gasteiger partial charge in [0, 0.05) is 12.1 Å². The van der Waals surface area contributed by atoms with E-state index >= 15 is 0 Å². The average molecular weight is 291 g/mol. The van der Waals surface area contributed by atoms with Crippen molar-refractivity contribution in [3.05, 3.63) is 54.6 Å². The van der Waals surface area contributed by atoms with Gasteiger partial charge in [0.25, 0.3) is 0 Å². The first-order valence-corrected chi connectivity index (χ1v) is 8.17. The average Bonchev–Trinajstić information content (AvgIpc) is 2.44. The van der Waals surface area contributed by atoms with Crippen molar-refractivity contribution in [1.29, 1.82) is 0 Å². The Labute approximate surface area is 119 Å². The number of hydrogen-bond donors (Lipinski definition) is 1. The van der Waals surface area contributed by atoms with Crippen LogP contribution in [-0.4, -0.2) is 27.8 Å². The van der Waals surface area contributed by atoms with Gasteiger partial charge in [-0.05, 0) is 11.6 Å². The van der Waals surface area contributed by atoms with Crippen molar-refractivity contribution in [3.8, 4) is 16.9 Å². The summed E-state index contributed by atoms with van der Waals surface area (Å²) in [6.07, 6.45) is 1.13. The summed E-state index contributed by atoms with van der Waals surface area (Å²) in [6, 6.07) is 17.6. The monoisotopic (exact) mass is 291 g/mol. The maximum absolute atomic E-state index is 11.0. The molecule has 0 spiro atoms. The molecule has 5 heteroatoms. The fraction of sp³-hybridized carbons (Fsp3) is 0.200. The molecule has 2 rings (SSSR count). The third-order valence-corrected chi connectivity index (χ3v) is 3.42. The standard InChI is InChI=1S/C15H17NO3S/c1-20(17,18)16-11-12-19-15-10-6-5-9-14(15)13-7-3-2-4-8-13/h2-10,16H,11-12H2,1H3. The third-order valence-electron chi connectivity index (χ3n) is 2.70. The van der Waals surface area contributed by atoms with Gasteiger partial charge in [-0.2, -0.15) is 0 Å². The second-order valence-electron chi connectivity index (χ2n) is 4.38. The number of para-hydroxylation sites is 1. The van der Waals surface area contributed by atoms with Crippen molar-refractivity contribution < 1.29 is 13.2 Å². The molecule has 4 nitrogen and oxygen atoms in total. The summed E-state index contributed by atoms with van der Waals surface area (Å²) in [5, 5.41) is 0. The number of benzene rings is 2. The van der Waals surface area contributed by atoms with E-state index in [2.05, 4.69) is 4.72 Å². The minimum absolute atomic E-state index is 0.252. The summed E-state index contributed by atoms with van der Waals surface area (Å²) >= 11 is 0. The first-order valence-electron chi connectivity index (χ1n) is 6.28. The fourth-order valence-corrected chi connectivity index (χ4v) is 2.29.